The van der Waals surface area contributed by atoms with Gasteiger partial charge in [0.15, 0.2) is 5.69 Å². The van der Waals surface area contributed by atoms with Gasteiger partial charge in [-0.15, -0.1) is 11.3 Å². The minimum atomic E-state index is -0.740. The molecule has 0 aliphatic carbocycles. The molecule has 1 aliphatic heterocycles. The van der Waals surface area contributed by atoms with Crippen molar-refractivity contribution in [3.8, 4) is 27.3 Å². The summed E-state index contributed by atoms with van der Waals surface area (Å²) in [5.74, 6) is -0.990. The van der Waals surface area contributed by atoms with E-state index in [0.717, 1.165) is 28.8 Å². The third kappa shape index (κ3) is 5.74. The minimum Gasteiger partial charge on any atom is -0.493 e. The average molecular weight is 586 g/mol. The first-order valence-electron chi connectivity index (χ1n) is 13.6. The number of hydrogen-bond acceptors (Lipinski definition) is 9. The first-order valence-corrected chi connectivity index (χ1v) is 14.5. The monoisotopic (exact) mass is 585 g/mol. The minimum absolute atomic E-state index is 0.0644. The molecule has 1 aliphatic rings. The highest BCUT2D eigenvalue weighted by Crippen LogP contribution is 2.43. The summed E-state index contributed by atoms with van der Waals surface area (Å²) in [5, 5.41) is 7.75. The van der Waals surface area contributed by atoms with Crippen LogP contribution in [-0.2, 0) is 17.7 Å². The molecule has 4 N–H and O–H groups in total. The molecule has 216 valence electrons. The van der Waals surface area contributed by atoms with Crippen LogP contribution in [-0.4, -0.2) is 48.0 Å². The van der Waals surface area contributed by atoms with Crippen LogP contribution in [0.25, 0.3) is 21.6 Å². The molecule has 10 nitrogen and oxygen atoms in total. The van der Waals surface area contributed by atoms with Gasteiger partial charge < -0.3 is 25.8 Å². The lowest BCUT2D eigenvalue weighted by Crippen LogP contribution is -2.26. The van der Waals surface area contributed by atoms with Crippen LogP contribution in [0.3, 0.4) is 0 Å². The molecule has 0 radical (unpaired) electrons. The van der Waals surface area contributed by atoms with Gasteiger partial charge in [0.2, 0.25) is 0 Å². The van der Waals surface area contributed by atoms with E-state index in [0.29, 0.717) is 47.1 Å². The number of rotatable bonds is 8. The molecule has 0 unspecified atom stereocenters. The van der Waals surface area contributed by atoms with E-state index in [2.05, 4.69) is 26.7 Å². The van der Waals surface area contributed by atoms with E-state index in [1.807, 2.05) is 12.3 Å². The standard InChI is InChI=1S/C31H31N5O5S/c1-4-11-33-30(38)25-8-6-20(27(35-25)31(39)40-3)21-15-26-23(28-18(9-12-41-26)10-13-42-28)14-22(21)29(37)36-24-7-5-19(16-32)34-17(24)2/h5-8,10,13-15H,4,9,11-12,16,32H2,1-3H3,(H,33,38)(H,36,37). The Bertz CT molecular complexity index is 1680. The lowest BCUT2D eigenvalue weighted by atomic mass is 9.93. The third-order valence-electron chi connectivity index (χ3n) is 6.92. The summed E-state index contributed by atoms with van der Waals surface area (Å²) < 4.78 is 11.2. The third-order valence-corrected chi connectivity index (χ3v) is 7.91. The van der Waals surface area contributed by atoms with Gasteiger partial charge in [0.1, 0.15) is 11.4 Å². The van der Waals surface area contributed by atoms with Crippen LogP contribution in [0.2, 0.25) is 0 Å². The lowest BCUT2D eigenvalue weighted by Gasteiger charge is -2.18. The number of nitrogens with one attached hydrogen (secondary N) is 2. The van der Waals surface area contributed by atoms with E-state index in [-0.39, 0.29) is 23.5 Å². The first kappa shape index (κ1) is 28.9. The first-order chi connectivity index (χ1) is 20.3. The average Bonchev–Trinajstić information content (AvgIpc) is 3.41. The molecule has 0 saturated heterocycles. The summed E-state index contributed by atoms with van der Waals surface area (Å²) in [6, 6.07) is 12.2. The van der Waals surface area contributed by atoms with Crippen LogP contribution in [0.5, 0.6) is 5.75 Å². The fourth-order valence-electron chi connectivity index (χ4n) is 4.76. The normalized spacial score (nSPS) is 11.9. The number of carbonyl (C=O) groups is 3. The summed E-state index contributed by atoms with van der Waals surface area (Å²) in [6.45, 7) is 4.93. The smallest absolute Gasteiger partial charge is 0.357 e. The zero-order valence-corrected chi connectivity index (χ0v) is 24.4. The summed E-state index contributed by atoms with van der Waals surface area (Å²) >= 11 is 1.57. The molecule has 4 aromatic rings. The Morgan fingerprint density at radius 2 is 1.88 bits per heavy atom. The van der Waals surface area contributed by atoms with Gasteiger partial charge in [-0.2, -0.15) is 0 Å². The highest BCUT2D eigenvalue weighted by molar-refractivity contribution is 7.13. The maximum absolute atomic E-state index is 14.0. The highest BCUT2D eigenvalue weighted by atomic mass is 32.1. The number of pyridine rings is 2. The molecule has 0 atom stereocenters. The zero-order valence-electron chi connectivity index (χ0n) is 23.6. The van der Waals surface area contributed by atoms with Crippen LogP contribution in [0.1, 0.15) is 61.6 Å². The molecule has 42 heavy (non-hydrogen) atoms. The van der Waals surface area contributed by atoms with Gasteiger partial charge in [-0.05, 0) is 66.8 Å². The lowest BCUT2D eigenvalue weighted by molar-refractivity contribution is 0.0594. The van der Waals surface area contributed by atoms with Crippen molar-refractivity contribution in [1.29, 1.82) is 0 Å². The van der Waals surface area contributed by atoms with E-state index in [1.54, 1.807) is 48.6 Å². The summed E-state index contributed by atoms with van der Waals surface area (Å²) in [5.41, 5.74) is 10.5. The number of esters is 1. The fraction of sp³-hybridized carbons (Fsp3) is 0.258. The summed E-state index contributed by atoms with van der Waals surface area (Å²) in [6.07, 6.45) is 1.47. The highest BCUT2D eigenvalue weighted by Gasteiger charge is 2.27. The largest absolute Gasteiger partial charge is 0.493 e. The fourth-order valence-corrected chi connectivity index (χ4v) is 5.74. The van der Waals surface area contributed by atoms with E-state index in [4.69, 9.17) is 15.2 Å². The number of methoxy groups -OCH3 is 1. The molecule has 2 amide bonds. The van der Waals surface area contributed by atoms with Crippen molar-refractivity contribution < 1.29 is 23.9 Å². The summed E-state index contributed by atoms with van der Waals surface area (Å²) in [4.78, 5) is 49.5. The molecule has 0 fully saturated rings. The number of fused-ring (bicyclic) bond motifs is 3. The van der Waals surface area contributed by atoms with E-state index < -0.39 is 17.8 Å². The Kier molecular flexibility index (Phi) is 8.60. The number of aryl methyl sites for hydroxylation is 1. The number of amides is 2. The van der Waals surface area contributed by atoms with Crippen LogP contribution in [0, 0.1) is 6.92 Å². The van der Waals surface area contributed by atoms with Gasteiger partial charge in [0, 0.05) is 46.6 Å². The molecule has 3 aromatic heterocycles. The number of hydrogen-bond donors (Lipinski definition) is 3. The van der Waals surface area contributed by atoms with Gasteiger partial charge in [0.25, 0.3) is 11.8 Å². The van der Waals surface area contributed by atoms with Crippen molar-refractivity contribution >= 4 is 34.8 Å². The van der Waals surface area contributed by atoms with E-state index in [1.165, 1.54) is 13.2 Å². The molecule has 0 spiro atoms. The number of carbonyl (C=O) groups excluding carboxylic acids is 3. The van der Waals surface area contributed by atoms with Gasteiger partial charge >= 0.3 is 5.97 Å². The molecule has 11 heteroatoms. The number of ether oxygens (including phenoxy) is 2. The Morgan fingerprint density at radius 3 is 2.62 bits per heavy atom. The van der Waals surface area contributed by atoms with Crippen LogP contribution in [0.15, 0.2) is 47.8 Å². The maximum Gasteiger partial charge on any atom is 0.357 e. The van der Waals surface area contributed by atoms with Crippen LogP contribution < -0.4 is 21.1 Å². The van der Waals surface area contributed by atoms with Crippen LogP contribution in [0.4, 0.5) is 5.69 Å². The number of anilines is 1. The molecule has 1 aromatic carbocycles. The van der Waals surface area contributed by atoms with Crippen molar-refractivity contribution in [3.05, 3.63) is 81.7 Å². The number of thiophene rings is 1. The quantitative estimate of drug-likeness (QED) is 0.251. The second-order valence-corrected chi connectivity index (χ2v) is 10.6. The molecule has 5 rings (SSSR count). The number of aromatic nitrogens is 2. The second-order valence-electron chi connectivity index (χ2n) is 9.70. The molecule has 4 heterocycles. The number of nitrogens with zero attached hydrogens (tertiary/aromatic N) is 2. The van der Waals surface area contributed by atoms with E-state index in [9.17, 15) is 14.4 Å². The number of benzene rings is 1. The van der Waals surface area contributed by atoms with Gasteiger partial charge in [-0.25, -0.2) is 9.78 Å². The molecular formula is C31H31N5O5S. The zero-order chi connectivity index (χ0) is 29.8. The van der Waals surface area contributed by atoms with Gasteiger partial charge in [-0.3, -0.25) is 14.6 Å². The predicted octanol–water partition coefficient (Wildman–Crippen LogP) is 4.75. The SMILES string of the molecule is CCCNC(=O)c1ccc(-c2cc3c(cc2C(=O)Nc2ccc(CN)nc2C)-c2sccc2CCO3)c(C(=O)OC)n1. The summed E-state index contributed by atoms with van der Waals surface area (Å²) in [7, 11) is 1.24. The molecular weight excluding hydrogens is 554 g/mol. The van der Waals surface area contributed by atoms with Gasteiger partial charge in [0.05, 0.1) is 30.8 Å². The molecule has 0 saturated carbocycles. The van der Waals surface area contributed by atoms with Crippen molar-refractivity contribution in [2.75, 3.05) is 25.6 Å². The second kappa shape index (κ2) is 12.5. The van der Waals surface area contributed by atoms with E-state index >= 15 is 0 Å². The predicted molar refractivity (Wildman–Crippen MR) is 161 cm³/mol. The topological polar surface area (TPSA) is 146 Å². The van der Waals surface area contributed by atoms with Crippen molar-refractivity contribution in [2.45, 2.75) is 33.2 Å². The number of nitrogens with two attached hydrogens (primary N) is 1. The van der Waals surface area contributed by atoms with Crippen LogP contribution >= 0.6 is 11.3 Å². The Balaban J connectivity index is 1.68. The Labute approximate surface area is 247 Å². The van der Waals surface area contributed by atoms with Gasteiger partial charge in [-0.1, -0.05) is 6.92 Å². The Hall–Kier alpha value is -4.61. The van der Waals surface area contributed by atoms with Crippen molar-refractivity contribution in [1.82, 2.24) is 15.3 Å². The Morgan fingerprint density at radius 1 is 1.05 bits per heavy atom. The molecule has 0 bridgehead atoms. The maximum atomic E-state index is 14.0. The van der Waals surface area contributed by atoms with Crippen molar-refractivity contribution in [3.63, 3.8) is 0 Å². The van der Waals surface area contributed by atoms with Crippen molar-refractivity contribution in [2.24, 2.45) is 5.73 Å².